The molecule has 0 saturated carbocycles. The summed E-state index contributed by atoms with van der Waals surface area (Å²) in [5, 5.41) is 25.9. The van der Waals surface area contributed by atoms with Gasteiger partial charge in [0.05, 0.1) is 22.0 Å². The highest BCUT2D eigenvalue weighted by molar-refractivity contribution is 6.31. The maximum absolute atomic E-state index is 12.6. The molecule has 1 aromatic heterocycles. The van der Waals surface area contributed by atoms with E-state index < -0.39 is 0 Å². The van der Waals surface area contributed by atoms with Crippen LogP contribution in [0.3, 0.4) is 0 Å². The molecule has 0 saturated heterocycles. The Balaban J connectivity index is 1.92. The van der Waals surface area contributed by atoms with Crippen LogP contribution in [0.5, 0.6) is 0 Å². The Labute approximate surface area is 180 Å². The number of amides is 1. The molecule has 154 valence electrons. The lowest BCUT2D eigenvalue weighted by molar-refractivity contribution is 0.0950. The van der Waals surface area contributed by atoms with E-state index in [0.29, 0.717) is 35.5 Å². The highest BCUT2D eigenvalue weighted by Crippen LogP contribution is 2.25. The van der Waals surface area contributed by atoms with Crippen LogP contribution in [0.4, 0.5) is 0 Å². The van der Waals surface area contributed by atoms with Crippen LogP contribution in [-0.4, -0.2) is 33.9 Å². The van der Waals surface area contributed by atoms with E-state index in [1.54, 1.807) is 18.2 Å². The van der Waals surface area contributed by atoms with E-state index in [2.05, 4.69) is 16.5 Å². The van der Waals surface area contributed by atoms with Crippen molar-refractivity contribution < 1.29 is 9.90 Å². The van der Waals surface area contributed by atoms with Gasteiger partial charge in [-0.3, -0.25) is 4.79 Å². The fourth-order valence-corrected chi connectivity index (χ4v) is 3.59. The Morgan fingerprint density at radius 2 is 2.03 bits per heavy atom. The number of nitriles is 1. The number of aromatic nitrogens is 2. The second kappa shape index (κ2) is 9.57. The molecule has 6 nitrogen and oxygen atoms in total. The maximum Gasteiger partial charge on any atom is 0.251 e. The summed E-state index contributed by atoms with van der Waals surface area (Å²) in [6.45, 7) is 4.39. The molecule has 0 aliphatic rings. The molecule has 3 aromatic rings. The van der Waals surface area contributed by atoms with E-state index in [4.69, 9.17) is 22.0 Å². The molecule has 0 spiro atoms. The number of nitrogens with one attached hydrogen (secondary N) is 1. The van der Waals surface area contributed by atoms with Crippen LogP contribution >= 0.6 is 11.6 Å². The van der Waals surface area contributed by atoms with Gasteiger partial charge < -0.3 is 10.4 Å². The van der Waals surface area contributed by atoms with Gasteiger partial charge in [0.1, 0.15) is 6.07 Å². The summed E-state index contributed by atoms with van der Waals surface area (Å²) < 4.78 is 1.81. The molecule has 0 atom stereocenters. The largest absolute Gasteiger partial charge is 0.396 e. The van der Waals surface area contributed by atoms with Crippen LogP contribution in [0.15, 0.2) is 42.5 Å². The zero-order valence-electron chi connectivity index (χ0n) is 16.9. The van der Waals surface area contributed by atoms with E-state index in [1.165, 1.54) is 0 Å². The number of hydrogen-bond acceptors (Lipinski definition) is 4. The highest BCUT2D eigenvalue weighted by Gasteiger charge is 2.17. The number of nitrogens with zero attached hydrogens (tertiary/aromatic N) is 3. The van der Waals surface area contributed by atoms with E-state index in [-0.39, 0.29) is 12.5 Å². The summed E-state index contributed by atoms with van der Waals surface area (Å²) in [4.78, 5) is 12.6. The average molecular weight is 423 g/mol. The van der Waals surface area contributed by atoms with Gasteiger partial charge in [-0.2, -0.15) is 10.4 Å². The third kappa shape index (κ3) is 4.54. The van der Waals surface area contributed by atoms with Crippen molar-refractivity contribution in [1.82, 2.24) is 15.1 Å². The second-order valence-electron chi connectivity index (χ2n) is 7.00. The zero-order chi connectivity index (χ0) is 21.7. The van der Waals surface area contributed by atoms with Crippen molar-refractivity contribution in [2.24, 2.45) is 0 Å². The molecular weight excluding hydrogens is 400 g/mol. The number of carbonyl (C=O) groups excluding carboxylic acids is 1. The van der Waals surface area contributed by atoms with Crippen molar-refractivity contribution in [3.63, 3.8) is 0 Å². The normalized spacial score (nSPS) is 10.6. The fraction of sp³-hybridized carbons (Fsp3) is 0.261. The molecule has 0 unspecified atom stereocenters. The molecule has 7 heteroatoms. The lowest BCUT2D eigenvalue weighted by Gasteiger charge is -2.11. The summed E-state index contributed by atoms with van der Waals surface area (Å²) in [5.74, 6) is -0.152. The first-order valence-corrected chi connectivity index (χ1v) is 10.1. The van der Waals surface area contributed by atoms with Crippen LogP contribution in [0, 0.1) is 25.2 Å². The number of hydrogen-bond donors (Lipinski definition) is 2. The standard InChI is InChI=1S/C23H23ClN4O2/c1-15-21(12-17-6-3-4-7-20(17)23(30)26-10-5-11-29)16(2)28(27-15)19-9-8-18(14-25)22(24)13-19/h3-4,6-9,13,29H,5,10-12H2,1-2H3,(H,26,30). The van der Waals surface area contributed by atoms with Crippen LogP contribution in [0.1, 0.15) is 44.9 Å². The fourth-order valence-electron chi connectivity index (χ4n) is 3.37. The van der Waals surface area contributed by atoms with Crippen LogP contribution in [-0.2, 0) is 6.42 Å². The third-order valence-electron chi connectivity index (χ3n) is 5.01. The number of carbonyl (C=O) groups is 1. The van der Waals surface area contributed by atoms with Crippen molar-refractivity contribution in [2.75, 3.05) is 13.2 Å². The minimum Gasteiger partial charge on any atom is -0.396 e. The van der Waals surface area contributed by atoms with Gasteiger partial charge in [-0.15, -0.1) is 0 Å². The number of rotatable bonds is 7. The molecule has 0 aliphatic carbocycles. The van der Waals surface area contributed by atoms with Gasteiger partial charge in [-0.25, -0.2) is 4.68 Å². The number of benzene rings is 2. The molecule has 30 heavy (non-hydrogen) atoms. The minimum absolute atomic E-state index is 0.0405. The summed E-state index contributed by atoms with van der Waals surface area (Å²) in [5.41, 5.74) is 5.56. The first-order valence-electron chi connectivity index (χ1n) is 9.68. The molecule has 2 N–H and O–H groups in total. The van der Waals surface area contributed by atoms with Crippen LogP contribution < -0.4 is 5.32 Å². The first kappa shape index (κ1) is 21.6. The third-order valence-corrected chi connectivity index (χ3v) is 5.32. The van der Waals surface area contributed by atoms with E-state index in [0.717, 1.165) is 28.2 Å². The van der Waals surface area contributed by atoms with Gasteiger partial charge in [-0.1, -0.05) is 29.8 Å². The van der Waals surface area contributed by atoms with Crippen LogP contribution in [0.2, 0.25) is 5.02 Å². The summed E-state index contributed by atoms with van der Waals surface area (Å²) in [6.07, 6.45) is 1.08. The summed E-state index contributed by atoms with van der Waals surface area (Å²) in [6, 6.07) is 14.8. The van der Waals surface area contributed by atoms with Crippen molar-refractivity contribution in [3.05, 3.63) is 81.1 Å². The van der Waals surface area contributed by atoms with E-state index in [1.807, 2.05) is 42.8 Å². The molecule has 0 aliphatic heterocycles. The molecule has 2 aromatic carbocycles. The quantitative estimate of drug-likeness (QED) is 0.568. The predicted octanol–water partition coefficient (Wildman–Crippen LogP) is 3.72. The molecule has 3 rings (SSSR count). The Hall–Kier alpha value is -3.14. The minimum atomic E-state index is -0.152. The zero-order valence-corrected chi connectivity index (χ0v) is 17.7. The van der Waals surface area contributed by atoms with Crippen molar-refractivity contribution >= 4 is 17.5 Å². The number of aryl methyl sites for hydroxylation is 1. The van der Waals surface area contributed by atoms with Crippen molar-refractivity contribution in [2.45, 2.75) is 26.7 Å². The Bertz CT molecular complexity index is 1110. The number of aliphatic hydroxyl groups is 1. The first-order chi connectivity index (χ1) is 14.5. The van der Waals surface area contributed by atoms with E-state index in [9.17, 15) is 4.79 Å². The van der Waals surface area contributed by atoms with Crippen molar-refractivity contribution in [1.29, 1.82) is 5.26 Å². The second-order valence-corrected chi connectivity index (χ2v) is 7.41. The van der Waals surface area contributed by atoms with E-state index >= 15 is 0 Å². The SMILES string of the molecule is Cc1nn(-c2ccc(C#N)c(Cl)c2)c(C)c1Cc1ccccc1C(=O)NCCCO. The molecule has 1 heterocycles. The lowest BCUT2D eigenvalue weighted by Crippen LogP contribution is -2.26. The molecule has 0 bridgehead atoms. The Kier molecular flexibility index (Phi) is 6.88. The molecular formula is C23H23ClN4O2. The van der Waals surface area contributed by atoms with Crippen LogP contribution in [0.25, 0.3) is 5.69 Å². The predicted molar refractivity (Wildman–Crippen MR) is 116 cm³/mol. The monoisotopic (exact) mass is 422 g/mol. The lowest BCUT2D eigenvalue weighted by atomic mass is 9.98. The topological polar surface area (TPSA) is 90.9 Å². The summed E-state index contributed by atoms with van der Waals surface area (Å²) >= 11 is 6.19. The number of halogens is 1. The molecule has 1 amide bonds. The number of aliphatic hydroxyl groups excluding tert-OH is 1. The maximum atomic E-state index is 12.6. The van der Waals surface area contributed by atoms with Gasteiger partial charge in [0, 0.05) is 36.4 Å². The van der Waals surface area contributed by atoms with Gasteiger partial charge in [-0.05, 0) is 50.1 Å². The van der Waals surface area contributed by atoms with Gasteiger partial charge in [0.15, 0.2) is 0 Å². The Morgan fingerprint density at radius 1 is 1.27 bits per heavy atom. The smallest absolute Gasteiger partial charge is 0.251 e. The van der Waals surface area contributed by atoms with Gasteiger partial charge in [0.2, 0.25) is 0 Å². The average Bonchev–Trinajstić information content (AvgIpc) is 3.02. The highest BCUT2D eigenvalue weighted by atomic mass is 35.5. The molecule has 0 radical (unpaired) electrons. The Morgan fingerprint density at radius 3 is 2.73 bits per heavy atom. The van der Waals surface area contributed by atoms with Crippen molar-refractivity contribution in [3.8, 4) is 11.8 Å². The summed E-state index contributed by atoms with van der Waals surface area (Å²) in [7, 11) is 0. The van der Waals surface area contributed by atoms with Gasteiger partial charge >= 0.3 is 0 Å². The van der Waals surface area contributed by atoms with Gasteiger partial charge in [0.25, 0.3) is 5.91 Å². The molecule has 0 fully saturated rings.